The number of furan rings is 1. The van der Waals surface area contributed by atoms with Gasteiger partial charge in [-0.1, -0.05) is 11.6 Å². The molecule has 0 aromatic carbocycles. The van der Waals surface area contributed by atoms with E-state index in [1.165, 1.54) is 6.26 Å². The number of rotatable bonds is 4. The van der Waals surface area contributed by atoms with E-state index >= 15 is 0 Å². The van der Waals surface area contributed by atoms with Gasteiger partial charge in [-0.05, 0) is 24.3 Å². The predicted octanol–water partition coefficient (Wildman–Crippen LogP) is 3.40. The van der Waals surface area contributed by atoms with Gasteiger partial charge in [0.15, 0.2) is 12.4 Å². The van der Waals surface area contributed by atoms with Gasteiger partial charge in [-0.15, -0.1) is 21.5 Å². The summed E-state index contributed by atoms with van der Waals surface area (Å²) >= 11 is 6.88. The summed E-state index contributed by atoms with van der Waals surface area (Å²) in [7, 11) is 0. The molecule has 0 aliphatic heterocycles. The zero-order valence-electron chi connectivity index (χ0n) is 9.91. The number of aromatic nitrogens is 2. The smallest absolute Gasteiger partial charge is 0.348 e. The second-order valence-electron chi connectivity index (χ2n) is 3.66. The van der Waals surface area contributed by atoms with Crippen LogP contribution in [-0.4, -0.2) is 16.2 Å². The summed E-state index contributed by atoms with van der Waals surface area (Å²) in [6.07, 6.45) is 1.50. The van der Waals surface area contributed by atoms with Gasteiger partial charge in [-0.3, -0.25) is 0 Å². The molecular weight excluding hydrogens is 304 g/mol. The first-order valence-corrected chi connectivity index (χ1v) is 6.70. The van der Waals surface area contributed by atoms with E-state index in [0.29, 0.717) is 15.0 Å². The molecule has 20 heavy (non-hydrogen) atoms. The Morgan fingerprint density at radius 3 is 2.95 bits per heavy atom. The normalized spacial score (nSPS) is 10.7. The molecule has 3 heterocycles. The van der Waals surface area contributed by atoms with E-state index < -0.39 is 5.97 Å². The Hall–Kier alpha value is -2.12. The van der Waals surface area contributed by atoms with Crippen molar-refractivity contribution in [2.45, 2.75) is 6.61 Å². The first-order chi connectivity index (χ1) is 9.72. The molecule has 6 nitrogen and oxygen atoms in total. The fraction of sp³-hybridized carbons (Fsp3) is 0.0833. The first-order valence-electron chi connectivity index (χ1n) is 5.51. The number of nitrogens with zero attached hydrogens (tertiary/aromatic N) is 2. The molecule has 8 heteroatoms. The van der Waals surface area contributed by atoms with Crippen molar-refractivity contribution in [1.29, 1.82) is 0 Å². The summed E-state index contributed by atoms with van der Waals surface area (Å²) < 4.78 is 16.0. The summed E-state index contributed by atoms with van der Waals surface area (Å²) in [5, 5.41) is 7.56. The summed E-state index contributed by atoms with van der Waals surface area (Å²) in [6.45, 7) is -0.109. The van der Waals surface area contributed by atoms with Gasteiger partial charge in [0.1, 0.15) is 4.88 Å². The highest BCUT2D eigenvalue weighted by molar-refractivity contribution is 7.17. The zero-order chi connectivity index (χ0) is 13.9. The molecular formula is C12H7ClN2O4S. The van der Waals surface area contributed by atoms with Gasteiger partial charge in [0, 0.05) is 0 Å². The zero-order valence-corrected chi connectivity index (χ0v) is 11.5. The maximum Gasteiger partial charge on any atom is 0.348 e. The molecule has 0 amide bonds. The second kappa shape index (κ2) is 5.48. The summed E-state index contributed by atoms with van der Waals surface area (Å²) in [6, 6.07) is 6.62. The third kappa shape index (κ3) is 2.73. The van der Waals surface area contributed by atoms with Crippen LogP contribution in [0.5, 0.6) is 0 Å². The Balaban J connectivity index is 1.63. The number of carbonyl (C=O) groups excluding carboxylic acids is 1. The standard InChI is InChI=1S/C12H7ClN2O4S/c13-9-4-3-8(20-9)12(16)18-6-10-14-15-11(19-10)7-2-1-5-17-7/h1-5H,6H2. The van der Waals surface area contributed by atoms with Gasteiger partial charge in [0.2, 0.25) is 0 Å². The van der Waals surface area contributed by atoms with E-state index in [2.05, 4.69) is 10.2 Å². The van der Waals surface area contributed by atoms with Crippen LogP contribution in [-0.2, 0) is 11.3 Å². The van der Waals surface area contributed by atoms with Gasteiger partial charge in [0.25, 0.3) is 11.8 Å². The van der Waals surface area contributed by atoms with Gasteiger partial charge in [-0.2, -0.15) is 0 Å². The molecule has 102 valence electrons. The highest BCUT2D eigenvalue weighted by Crippen LogP contribution is 2.22. The molecule has 0 bridgehead atoms. The van der Waals surface area contributed by atoms with Crippen molar-refractivity contribution in [2.24, 2.45) is 0 Å². The van der Waals surface area contributed by atoms with Crippen molar-refractivity contribution in [2.75, 3.05) is 0 Å². The van der Waals surface area contributed by atoms with Crippen molar-refractivity contribution < 1.29 is 18.4 Å². The maximum atomic E-state index is 11.7. The van der Waals surface area contributed by atoms with Crippen molar-refractivity contribution in [3.05, 3.63) is 45.6 Å². The molecule has 0 aliphatic carbocycles. The number of carbonyl (C=O) groups is 1. The molecule has 0 saturated heterocycles. The number of halogens is 1. The molecule has 3 aromatic rings. The maximum absolute atomic E-state index is 11.7. The second-order valence-corrected chi connectivity index (χ2v) is 5.37. The van der Waals surface area contributed by atoms with E-state index in [4.69, 9.17) is 25.2 Å². The van der Waals surface area contributed by atoms with Crippen LogP contribution in [0.2, 0.25) is 4.34 Å². The van der Waals surface area contributed by atoms with Gasteiger partial charge in [0.05, 0.1) is 10.6 Å². The lowest BCUT2D eigenvalue weighted by Gasteiger charge is -1.98. The van der Waals surface area contributed by atoms with Crippen LogP contribution in [0.3, 0.4) is 0 Å². The van der Waals surface area contributed by atoms with E-state index in [0.717, 1.165) is 11.3 Å². The highest BCUT2D eigenvalue weighted by atomic mass is 35.5. The largest absolute Gasteiger partial charge is 0.459 e. The summed E-state index contributed by atoms with van der Waals surface area (Å²) in [5.41, 5.74) is 0. The van der Waals surface area contributed by atoms with Gasteiger partial charge < -0.3 is 13.6 Å². The van der Waals surface area contributed by atoms with E-state index in [1.807, 2.05) is 0 Å². The molecule has 3 rings (SSSR count). The fourth-order valence-corrected chi connectivity index (χ4v) is 2.37. The number of ether oxygens (including phenoxy) is 1. The molecule has 0 aliphatic rings. The molecule has 0 spiro atoms. The quantitative estimate of drug-likeness (QED) is 0.687. The SMILES string of the molecule is O=C(OCc1nnc(-c2ccco2)o1)c1ccc(Cl)s1. The fourth-order valence-electron chi connectivity index (χ4n) is 1.43. The lowest BCUT2D eigenvalue weighted by Crippen LogP contribution is -2.03. The van der Waals surface area contributed by atoms with Crippen LogP contribution in [0.15, 0.2) is 39.4 Å². The average Bonchev–Trinajstić information content (AvgIpc) is 3.16. The van der Waals surface area contributed by atoms with Crippen molar-refractivity contribution in [3.8, 4) is 11.7 Å². The lowest BCUT2D eigenvalue weighted by molar-refractivity contribution is 0.0444. The number of thiophene rings is 1. The number of hydrogen-bond acceptors (Lipinski definition) is 7. The minimum absolute atomic E-state index is 0.109. The molecule has 0 fully saturated rings. The lowest BCUT2D eigenvalue weighted by atomic mass is 10.4. The first kappa shape index (κ1) is 12.9. The predicted molar refractivity (Wildman–Crippen MR) is 70.4 cm³/mol. The number of hydrogen-bond donors (Lipinski definition) is 0. The third-order valence-corrected chi connectivity index (χ3v) is 3.51. The van der Waals surface area contributed by atoms with Crippen LogP contribution in [0.1, 0.15) is 15.6 Å². The monoisotopic (exact) mass is 310 g/mol. The van der Waals surface area contributed by atoms with Crippen LogP contribution < -0.4 is 0 Å². The molecule has 0 saturated carbocycles. The molecule has 3 aromatic heterocycles. The minimum Gasteiger partial charge on any atom is -0.459 e. The summed E-state index contributed by atoms with van der Waals surface area (Å²) in [5.74, 6) is 0.396. The minimum atomic E-state index is -0.486. The third-order valence-electron chi connectivity index (χ3n) is 2.30. The Labute approximate surface area is 121 Å². The Kier molecular flexibility index (Phi) is 3.53. The topological polar surface area (TPSA) is 78.4 Å². The molecule has 0 atom stereocenters. The van der Waals surface area contributed by atoms with Crippen LogP contribution >= 0.6 is 22.9 Å². The van der Waals surface area contributed by atoms with Crippen molar-refractivity contribution in [3.63, 3.8) is 0 Å². The van der Waals surface area contributed by atoms with Crippen LogP contribution in [0.25, 0.3) is 11.7 Å². The van der Waals surface area contributed by atoms with E-state index in [1.54, 1.807) is 24.3 Å². The number of esters is 1. The highest BCUT2D eigenvalue weighted by Gasteiger charge is 2.14. The molecule has 0 radical (unpaired) electrons. The van der Waals surface area contributed by atoms with Gasteiger partial charge >= 0.3 is 5.97 Å². The van der Waals surface area contributed by atoms with Crippen molar-refractivity contribution >= 4 is 28.9 Å². The molecule has 0 unspecified atom stereocenters. The van der Waals surface area contributed by atoms with Crippen molar-refractivity contribution in [1.82, 2.24) is 10.2 Å². The van der Waals surface area contributed by atoms with E-state index in [-0.39, 0.29) is 18.4 Å². The Bertz CT molecular complexity index is 719. The van der Waals surface area contributed by atoms with E-state index in [9.17, 15) is 4.79 Å². The average molecular weight is 311 g/mol. The Morgan fingerprint density at radius 1 is 1.35 bits per heavy atom. The van der Waals surface area contributed by atoms with Crippen LogP contribution in [0, 0.1) is 0 Å². The van der Waals surface area contributed by atoms with Crippen LogP contribution in [0.4, 0.5) is 0 Å². The summed E-state index contributed by atoms with van der Waals surface area (Å²) in [4.78, 5) is 12.1. The van der Waals surface area contributed by atoms with Gasteiger partial charge in [-0.25, -0.2) is 4.79 Å². The Morgan fingerprint density at radius 2 is 2.25 bits per heavy atom. The molecule has 0 N–H and O–H groups in total.